The lowest BCUT2D eigenvalue weighted by Gasteiger charge is -2.07. The molecule has 148 valence electrons. The second kappa shape index (κ2) is 8.52. The van der Waals surface area contributed by atoms with E-state index in [0.717, 1.165) is 24.3 Å². The van der Waals surface area contributed by atoms with Crippen molar-refractivity contribution in [3.05, 3.63) is 64.2 Å². The molecule has 0 aliphatic heterocycles. The van der Waals surface area contributed by atoms with Crippen molar-refractivity contribution in [2.24, 2.45) is 0 Å². The van der Waals surface area contributed by atoms with E-state index in [2.05, 4.69) is 5.32 Å². The standard InChI is InChI=1S/C16H12F2N2O7S/c17-16(18)28(25,26)13-7-1-10(2-8-13)15(22)27-9-14(21)19-11-3-5-12(6-4-11)20(23)24/h1-8,16H,9H2,(H,19,21). The maximum Gasteiger partial charge on any atom is 0.341 e. The number of non-ortho nitro benzene ring substituents is 1. The molecule has 0 saturated heterocycles. The maximum absolute atomic E-state index is 12.5. The third-order valence-corrected chi connectivity index (χ3v) is 4.75. The minimum absolute atomic E-state index is 0.142. The number of sulfone groups is 1. The molecule has 0 aromatic heterocycles. The molecule has 0 saturated carbocycles. The highest BCUT2D eigenvalue weighted by atomic mass is 32.2. The van der Waals surface area contributed by atoms with Crippen molar-refractivity contribution in [1.82, 2.24) is 0 Å². The molecule has 1 N–H and O–H groups in total. The van der Waals surface area contributed by atoms with E-state index in [4.69, 9.17) is 4.74 Å². The van der Waals surface area contributed by atoms with Crippen LogP contribution in [0.25, 0.3) is 0 Å². The Labute approximate surface area is 157 Å². The Bertz CT molecular complexity index is 991. The van der Waals surface area contributed by atoms with E-state index in [1.165, 1.54) is 24.3 Å². The highest BCUT2D eigenvalue weighted by molar-refractivity contribution is 7.91. The van der Waals surface area contributed by atoms with Crippen molar-refractivity contribution in [3.63, 3.8) is 0 Å². The number of nitro groups is 1. The Morgan fingerprint density at radius 1 is 1.07 bits per heavy atom. The molecular weight excluding hydrogens is 402 g/mol. The van der Waals surface area contributed by atoms with Crippen molar-refractivity contribution >= 4 is 33.1 Å². The smallest absolute Gasteiger partial charge is 0.341 e. The van der Waals surface area contributed by atoms with Crippen LogP contribution in [0.1, 0.15) is 10.4 Å². The van der Waals surface area contributed by atoms with Crippen LogP contribution in [0, 0.1) is 10.1 Å². The minimum atomic E-state index is -4.78. The normalized spacial score (nSPS) is 11.1. The number of nitrogens with zero attached hydrogens (tertiary/aromatic N) is 1. The predicted molar refractivity (Wildman–Crippen MR) is 91.6 cm³/mol. The number of nitrogens with one attached hydrogen (secondary N) is 1. The zero-order valence-electron chi connectivity index (χ0n) is 13.9. The van der Waals surface area contributed by atoms with Crippen LogP contribution in [0.2, 0.25) is 0 Å². The topological polar surface area (TPSA) is 133 Å². The van der Waals surface area contributed by atoms with E-state index in [1.54, 1.807) is 0 Å². The zero-order valence-corrected chi connectivity index (χ0v) is 14.7. The van der Waals surface area contributed by atoms with E-state index >= 15 is 0 Å². The van der Waals surface area contributed by atoms with Gasteiger partial charge in [0.05, 0.1) is 15.4 Å². The van der Waals surface area contributed by atoms with Crippen LogP contribution in [-0.2, 0) is 19.4 Å². The van der Waals surface area contributed by atoms with E-state index in [9.17, 15) is 36.9 Å². The van der Waals surface area contributed by atoms with E-state index in [-0.39, 0.29) is 16.9 Å². The maximum atomic E-state index is 12.5. The first-order chi connectivity index (χ1) is 13.1. The lowest BCUT2D eigenvalue weighted by Crippen LogP contribution is -2.21. The number of nitro benzene ring substituents is 1. The number of amides is 1. The Balaban J connectivity index is 1.92. The summed E-state index contributed by atoms with van der Waals surface area (Å²) in [5, 5.41) is 12.9. The zero-order chi connectivity index (χ0) is 20.9. The molecule has 0 aliphatic rings. The SMILES string of the molecule is O=C(COC(=O)c1ccc(S(=O)(=O)C(F)F)cc1)Nc1ccc([N+](=O)[O-])cc1. The first kappa shape index (κ1) is 20.9. The van der Waals surface area contributed by atoms with Gasteiger partial charge in [-0.25, -0.2) is 13.2 Å². The molecule has 2 rings (SSSR count). The highest BCUT2D eigenvalue weighted by Gasteiger charge is 2.26. The third kappa shape index (κ3) is 5.07. The van der Waals surface area contributed by atoms with Crippen molar-refractivity contribution in [2.45, 2.75) is 10.7 Å². The molecule has 1 amide bonds. The second-order valence-electron chi connectivity index (χ2n) is 5.26. The first-order valence-electron chi connectivity index (χ1n) is 7.45. The van der Waals surface area contributed by atoms with Gasteiger partial charge in [-0.15, -0.1) is 0 Å². The van der Waals surface area contributed by atoms with Gasteiger partial charge in [0, 0.05) is 17.8 Å². The average Bonchev–Trinajstić information content (AvgIpc) is 2.66. The van der Waals surface area contributed by atoms with Gasteiger partial charge in [-0.05, 0) is 36.4 Å². The van der Waals surface area contributed by atoms with Crippen LogP contribution < -0.4 is 5.32 Å². The van der Waals surface area contributed by atoms with Gasteiger partial charge in [-0.2, -0.15) is 8.78 Å². The predicted octanol–water partition coefficient (Wildman–Crippen LogP) is 2.39. The number of benzene rings is 2. The molecule has 0 fully saturated rings. The van der Waals surface area contributed by atoms with Gasteiger partial charge >= 0.3 is 11.7 Å². The van der Waals surface area contributed by atoms with E-state index in [1.807, 2.05) is 0 Å². The molecule has 0 spiro atoms. The monoisotopic (exact) mass is 414 g/mol. The molecule has 0 aliphatic carbocycles. The summed E-state index contributed by atoms with van der Waals surface area (Å²) in [7, 11) is -4.78. The van der Waals surface area contributed by atoms with Gasteiger partial charge in [-0.1, -0.05) is 0 Å². The number of ether oxygens (including phenoxy) is 1. The Morgan fingerprint density at radius 3 is 2.14 bits per heavy atom. The summed E-state index contributed by atoms with van der Waals surface area (Å²) in [4.78, 5) is 32.9. The fraction of sp³-hybridized carbons (Fsp3) is 0.125. The number of alkyl halides is 2. The van der Waals surface area contributed by atoms with Gasteiger partial charge in [0.2, 0.25) is 9.84 Å². The van der Waals surface area contributed by atoms with Crippen LogP contribution >= 0.6 is 0 Å². The summed E-state index contributed by atoms with van der Waals surface area (Å²) < 4.78 is 52.2. The number of esters is 1. The van der Waals surface area contributed by atoms with Crippen LogP contribution in [0.15, 0.2) is 53.4 Å². The molecular formula is C16H12F2N2O7S. The average molecular weight is 414 g/mol. The first-order valence-corrected chi connectivity index (χ1v) is 8.99. The Morgan fingerprint density at radius 2 is 1.64 bits per heavy atom. The number of carbonyl (C=O) groups excluding carboxylic acids is 2. The van der Waals surface area contributed by atoms with Crippen molar-refractivity contribution in [1.29, 1.82) is 0 Å². The van der Waals surface area contributed by atoms with Gasteiger partial charge < -0.3 is 10.1 Å². The molecule has 0 radical (unpaired) electrons. The minimum Gasteiger partial charge on any atom is -0.452 e. The molecule has 0 unspecified atom stereocenters. The molecule has 12 heteroatoms. The molecule has 0 atom stereocenters. The summed E-state index contributed by atoms with van der Waals surface area (Å²) in [5.41, 5.74) is -0.0636. The molecule has 2 aromatic rings. The quantitative estimate of drug-likeness (QED) is 0.418. The molecule has 2 aromatic carbocycles. The summed E-state index contributed by atoms with van der Waals surface area (Å²) in [6.45, 7) is -0.688. The number of rotatable bonds is 7. The van der Waals surface area contributed by atoms with Crippen LogP contribution in [0.5, 0.6) is 0 Å². The van der Waals surface area contributed by atoms with Gasteiger partial charge in [0.25, 0.3) is 11.6 Å². The van der Waals surface area contributed by atoms with Crippen LogP contribution in [0.3, 0.4) is 0 Å². The van der Waals surface area contributed by atoms with Crippen LogP contribution in [0.4, 0.5) is 20.2 Å². The highest BCUT2D eigenvalue weighted by Crippen LogP contribution is 2.19. The summed E-state index contributed by atoms with van der Waals surface area (Å²) in [5.74, 6) is -5.28. The number of hydrogen-bond donors (Lipinski definition) is 1. The Kier molecular flexibility index (Phi) is 6.36. The molecule has 0 heterocycles. The van der Waals surface area contributed by atoms with Gasteiger partial charge in [-0.3, -0.25) is 14.9 Å². The number of halogens is 2. The number of anilines is 1. The Hall–Kier alpha value is -3.41. The third-order valence-electron chi connectivity index (χ3n) is 3.35. The van der Waals surface area contributed by atoms with E-state index in [0.29, 0.717) is 0 Å². The molecule has 9 nitrogen and oxygen atoms in total. The summed E-state index contributed by atoms with van der Waals surface area (Å²) in [6.07, 6.45) is 0. The lowest BCUT2D eigenvalue weighted by atomic mass is 10.2. The summed E-state index contributed by atoms with van der Waals surface area (Å²) in [6, 6.07) is 8.55. The van der Waals surface area contributed by atoms with Gasteiger partial charge in [0.1, 0.15) is 0 Å². The van der Waals surface area contributed by atoms with Crippen LogP contribution in [-0.4, -0.2) is 37.6 Å². The van der Waals surface area contributed by atoms with Crippen molar-refractivity contribution in [2.75, 3.05) is 11.9 Å². The number of carbonyl (C=O) groups is 2. The molecule has 28 heavy (non-hydrogen) atoms. The van der Waals surface area contributed by atoms with E-state index < -0.39 is 43.9 Å². The van der Waals surface area contributed by atoms with Crippen molar-refractivity contribution in [3.8, 4) is 0 Å². The van der Waals surface area contributed by atoms with Gasteiger partial charge in [0.15, 0.2) is 6.61 Å². The lowest BCUT2D eigenvalue weighted by molar-refractivity contribution is -0.384. The second-order valence-corrected chi connectivity index (χ2v) is 7.18. The summed E-state index contributed by atoms with van der Waals surface area (Å²) >= 11 is 0. The largest absolute Gasteiger partial charge is 0.452 e. The van der Waals surface area contributed by atoms with Crippen molar-refractivity contribution < 1.29 is 36.4 Å². The fourth-order valence-electron chi connectivity index (χ4n) is 1.96. The number of hydrogen-bond acceptors (Lipinski definition) is 7. The fourth-order valence-corrected chi connectivity index (χ4v) is 2.68. The molecule has 0 bridgehead atoms.